The van der Waals surface area contributed by atoms with E-state index in [-0.39, 0.29) is 24.6 Å². The number of carboxylic acids is 1. The number of phenolic OH excluding ortho intramolecular Hbond substituents is 1. The second-order valence-electron chi connectivity index (χ2n) is 3.66. The number of phenols is 1. The number of aromatic hydroxyl groups is 1. The van der Waals surface area contributed by atoms with Crippen LogP contribution in [0, 0.1) is 0 Å². The van der Waals surface area contributed by atoms with Crippen LogP contribution >= 0.6 is 12.4 Å². The summed E-state index contributed by atoms with van der Waals surface area (Å²) < 4.78 is 0. The van der Waals surface area contributed by atoms with Gasteiger partial charge in [0.1, 0.15) is 11.8 Å². The first kappa shape index (κ1) is 13.3. The number of H-pyrrole nitrogens is 1. The molecule has 0 saturated heterocycles. The van der Waals surface area contributed by atoms with Crippen LogP contribution in [0.3, 0.4) is 0 Å². The molecule has 1 aromatic carbocycles. The average Bonchev–Trinajstić information content (AvgIpc) is 2.63. The molecule has 6 heteroatoms. The molecule has 0 aliphatic carbocycles. The third-order valence-electron chi connectivity index (χ3n) is 2.54. The predicted octanol–water partition coefficient (Wildman–Crippen LogP) is 1.25. The molecule has 0 fully saturated rings. The molecule has 0 spiro atoms. The van der Waals surface area contributed by atoms with Gasteiger partial charge in [-0.3, -0.25) is 4.79 Å². The lowest BCUT2D eigenvalue weighted by atomic mass is 10.1. The molecule has 0 aliphatic heterocycles. The van der Waals surface area contributed by atoms with Gasteiger partial charge in [0.15, 0.2) is 0 Å². The number of aromatic amines is 1. The fraction of sp³-hybridized carbons (Fsp3) is 0.182. The van der Waals surface area contributed by atoms with Gasteiger partial charge < -0.3 is 20.9 Å². The Morgan fingerprint density at radius 3 is 2.82 bits per heavy atom. The highest BCUT2D eigenvalue weighted by Crippen LogP contribution is 2.26. The highest BCUT2D eigenvalue weighted by Gasteiger charge is 2.15. The molecule has 1 atom stereocenters. The number of rotatable bonds is 3. The lowest BCUT2D eigenvalue weighted by molar-refractivity contribution is -0.138. The standard InChI is InChI=1S/C11H12N2O3.ClH/c12-8(11(15)16)4-6-5-13-10-7(6)2-1-3-9(10)14;/h1-3,5,8,13-14H,4,12H2,(H,15,16);1H. The number of hydrogen-bond acceptors (Lipinski definition) is 3. The molecule has 1 heterocycles. The predicted molar refractivity (Wildman–Crippen MR) is 66.5 cm³/mol. The van der Waals surface area contributed by atoms with Crippen molar-refractivity contribution in [2.24, 2.45) is 5.73 Å². The minimum Gasteiger partial charge on any atom is -0.506 e. The molecule has 5 N–H and O–H groups in total. The first-order valence-corrected chi connectivity index (χ1v) is 4.86. The van der Waals surface area contributed by atoms with Crippen LogP contribution in [0.15, 0.2) is 24.4 Å². The van der Waals surface area contributed by atoms with Crippen molar-refractivity contribution < 1.29 is 15.0 Å². The molecule has 0 saturated carbocycles. The Bertz CT molecular complexity index is 538. The molecule has 92 valence electrons. The van der Waals surface area contributed by atoms with E-state index in [9.17, 15) is 9.90 Å². The maximum atomic E-state index is 10.6. The molecular weight excluding hydrogens is 244 g/mol. The molecule has 0 bridgehead atoms. The summed E-state index contributed by atoms with van der Waals surface area (Å²) in [5.74, 6) is -0.887. The molecule has 17 heavy (non-hydrogen) atoms. The quantitative estimate of drug-likeness (QED) is 0.664. The van der Waals surface area contributed by atoms with Crippen molar-refractivity contribution in [3.8, 4) is 5.75 Å². The lowest BCUT2D eigenvalue weighted by Crippen LogP contribution is -2.32. The van der Waals surface area contributed by atoms with Crippen molar-refractivity contribution in [1.82, 2.24) is 4.98 Å². The second kappa shape index (κ2) is 5.07. The maximum absolute atomic E-state index is 10.6. The number of halogens is 1. The first-order valence-electron chi connectivity index (χ1n) is 4.86. The van der Waals surface area contributed by atoms with Crippen LogP contribution < -0.4 is 5.73 Å². The van der Waals surface area contributed by atoms with Crippen molar-refractivity contribution in [1.29, 1.82) is 0 Å². The van der Waals surface area contributed by atoms with Gasteiger partial charge in [-0.2, -0.15) is 0 Å². The Labute approximate surface area is 104 Å². The van der Waals surface area contributed by atoms with Crippen LogP contribution in [0.5, 0.6) is 5.75 Å². The summed E-state index contributed by atoms with van der Waals surface area (Å²) in [6.45, 7) is 0. The van der Waals surface area contributed by atoms with Crippen molar-refractivity contribution in [3.05, 3.63) is 30.0 Å². The van der Waals surface area contributed by atoms with Crippen molar-refractivity contribution in [3.63, 3.8) is 0 Å². The van der Waals surface area contributed by atoms with E-state index < -0.39 is 12.0 Å². The van der Waals surface area contributed by atoms with Gasteiger partial charge in [-0.1, -0.05) is 12.1 Å². The van der Waals surface area contributed by atoms with Gasteiger partial charge in [0.25, 0.3) is 0 Å². The van der Waals surface area contributed by atoms with E-state index in [1.54, 1.807) is 18.3 Å². The van der Waals surface area contributed by atoms with Crippen LogP contribution in [-0.4, -0.2) is 27.2 Å². The van der Waals surface area contributed by atoms with E-state index in [0.29, 0.717) is 5.52 Å². The fourth-order valence-corrected chi connectivity index (χ4v) is 1.69. The zero-order chi connectivity index (χ0) is 11.7. The molecule has 0 aliphatic rings. The van der Waals surface area contributed by atoms with E-state index in [1.165, 1.54) is 0 Å². The summed E-state index contributed by atoms with van der Waals surface area (Å²) in [5.41, 5.74) is 6.86. The third-order valence-corrected chi connectivity index (χ3v) is 2.54. The Hall–Kier alpha value is -1.72. The number of carbonyl (C=O) groups is 1. The largest absolute Gasteiger partial charge is 0.506 e. The van der Waals surface area contributed by atoms with Gasteiger partial charge in [-0.05, 0) is 11.6 Å². The Morgan fingerprint density at radius 1 is 1.47 bits per heavy atom. The van der Waals surface area contributed by atoms with Crippen LogP contribution in [-0.2, 0) is 11.2 Å². The number of aromatic nitrogens is 1. The van der Waals surface area contributed by atoms with Crippen molar-refractivity contribution >= 4 is 29.3 Å². The van der Waals surface area contributed by atoms with E-state index in [4.69, 9.17) is 10.8 Å². The van der Waals surface area contributed by atoms with Crippen LogP contribution in [0.25, 0.3) is 10.9 Å². The zero-order valence-electron chi connectivity index (χ0n) is 8.88. The molecule has 2 aromatic rings. The number of aliphatic carboxylic acids is 1. The van der Waals surface area contributed by atoms with Crippen molar-refractivity contribution in [2.45, 2.75) is 12.5 Å². The summed E-state index contributed by atoms with van der Waals surface area (Å²) in [6, 6.07) is 4.16. The third kappa shape index (κ3) is 2.51. The summed E-state index contributed by atoms with van der Waals surface area (Å²) in [4.78, 5) is 13.5. The number of carboxylic acid groups (broad SMARTS) is 1. The van der Waals surface area contributed by atoms with Crippen LogP contribution in [0.4, 0.5) is 0 Å². The monoisotopic (exact) mass is 256 g/mol. The SMILES string of the molecule is Cl.NC(Cc1c[nH]c2c(O)cccc12)C(=O)O. The lowest BCUT2D eigenvalue weighted by Gasteiger charge is -2.04. The van der Waals surface area contributed by atoms with Gasteiger partial charge in [0.2, 0.25) is 0 Å². The summed E-state index contributed by atoms with van der Waals surface area (Å²) in [5, 5.41) is 19.1. The topological polar surface area (TPSA) is 99.3 Å². The van der Waals surface area contributed by atoms with Gasteiger partial charge in [0, 0.05) is 18.0 Å². The molecule has 0 amide bonds. The summed E-state index contributed by atoms with van der Waals surface area (Å²) >= 11 is 0. The highest BCUT2D eigenvalue weighted by atomic mass is 35.5. The number of hydrogen-bond donors (Lipinski definition) is 4. The fourth-order valence-electron chi connectivity index (χ4n) is 1.69. The minimum absolute atomic E-state index is 0. The Balaban J connectivity index is 0.00000144. The van der Waals surface area contributed by atoms with Gasteiger partial charge >= 0.3 is 5.97 Å². The number of fused-ring (bicyclic) bond motifs is 1. The number of nitrogens with two attached hydrogens (primary N) is 1. The first-order chi connectivity index (χ1) is 7.59. The maximum Gasteiger partial charge on any atom is 0.320 e. The van der Waals surface area contributed by atoms with E-state index >= 15 is 0 Å². The number of para-hydroxylation sites is 1. The van der Waals surface area contributed by atoms with Gasteiger partial charge in [0.05, 0.1) is 5.52 Å². The molecular formula is C11H13ClN2O3. The van der Waals surface area contributed by atoms with Gasteiger partial charge in [-0.25, -0.2) is 0 Å². The van der Waals surface area contributed by atoms with E-state index in [2.05, 4.69) is 4.98 Å². The number of nitrogens with one attached hydrogen (secondary N) is 1. The number of benzene rings is 1. The molecule has 1 unspecified atom stereocenters. The molecule has 0 radical (unpaired) electrons. The zero-order valence-corrected chi connectivity index (χ0v) is 9.70. The normalized spacial score (nSPS) is 12.1. The Kier molecular flexibility index (Phi) is 3.98. The highest BCUT2D eigenvalue weighted by molar-refractivity contribution is 5.88. The second-order valence-corrected chi connectivity index (χ2v) is 3.66. The molecule has 5 nitrogen and oxygen atoms in total. The van der Waals surface area contributed by atoms with Crippen molar-refractivity contribution in [2.75, 3.05) is 0 Å². The molecule has 1 aromatic heterocycles. The smallest absolute Gasteiger partial charge is 0.320 e. The summed E-state index contributed by atoms with van der Waals surface area (Å²) in [6.07, 6.45) is 1.91. The van der Waals surface area contributed by atoms with E-state index in [0.717, 1.165) is 10.9 Å². The van der Waals surface area contributed by atoms with Gasteiger partial charge in [-0.15, -0.1) is 12.4 Å². The molecule has 2 rings (SSSR count). The Morgan fingerprint density at radius 2 is 2.18 bits per heavy atom. The minimum atomic E-state index is -1.03. The van der Waals surface area contributed by atoms with Crippen LogP contribution in [0.2, 0.25) is 0 Å². The summed E-state index contributed by atoms with van der Waals surface area (Å²) in [7, 11) is 0. The van der Waals surface area contributed by atoms with Crippen LogP contribution in [0.1, 0.15) is 5.56 Å². The average molecular weight is 257 g/mol. The van der Waals surface area contributed by atoms with E-state index in [1.807, 2.05) is 6.07 Å².